The summed E-state index contributed by atoms with van der Waals surface area (Å²) in [6.07, 6.45) is 4.88. The van der Waals surface area contributed by atoms with Crippen LogP contribution in [0.3, 0.4) is 0 Å². The van der Waals surface area contributed by atoms with E-state index in [-0.39, 0.29) is 0 Å². The van der Waals surface area contributed by atoms with Crippen LogP contribution in [0.15, 0.2) is 67.0 Å². The molecule has 0 fully saturated rings. The second-order valence-corrected chi connectivity index (χ2v) is 6.82. The highest BCUT2D eigenvalue weighted by molar-refractivity contribution is 7.80. The smallest absolute Gasteiger partial charge is 0.175 e. The summed E-state index contributed by atoms with van der Waals surface area (Å²) in [5.41, 5.74) is 4.47. The van der Waals surface area contributed by atoms with Crippen molar-refractivity contribution in [3.8, 4) is 0 Å². The van der Waals surface area contributed by atoms with Crippen molar-refractivity contribution < 1.29 is 0 Å². The van der Waals surface area contributed by atoms with Gasteiger partial charge >= 0.3 is 0 Å². The number of hydrogen-bond acceptors (Lipinski definition) is 2. The molecule has 0 aliphatic heterocycles. The minimum absolute atomic E-state index is 0.576. The predicted molar refractivity (Wildman–Crippen MR) is 113 cm³/mol. The molecule has 4 nitrogen and oxygen atoms in total. The fraction of sp³-hybridized carbons (Fsp3) is 0.238. The topological polar surface area (TPSA) is 41.9 Å². The van der Waals surface area contributed by atoms with E-state index in [0.29, 0.717) is 11.0 Å². The van der Waals surface area contributed by atoms with Crippen LogP contribution in [0.25, 0.3) is 0 Å². The number of benzene rings is 2. The SMILES string of the molecule is CC[C@@H](C)c1ccc(NC(=S)Nc2cccc(Cn3cccn3)c2)cc1. The number of thiocarbonyl (C=S) groups is 1. The molecule has 0 amide bonds. The van der Waals surface area contributed by atoms with E-state index in [2.05, 4.69) is 66.0 Å². The minimum Gasteiger partial charge on any atom is -0.332 e. The molecule has 0 saturated heterocycles. The Balaban J connectivity index is 1.59. The molecule has 0 saturated carbocycles. The van der Waals surface area contributed by atoms with Crippen LogP contribution in [0.4, 0.5) is 11.4 Å². The van der Waals surface area contributed by atoms with Crippen LogP contribution in [0.5, 0.6) is 0 Å². The first-order valence-electron chi connectivity index (χ1n) is 8.88. The molecule has 3 rings (SSSR count). The summed E-state index contributed by atoms with van der Waals surface area (Å²) in [6, 6.07) is 18.6. The molecule has 0 spiro atoms. The minimum atomic E-state index is 0.576. The second kappa shape index (κ2) is 8.63. The Morgan fingerprint density at radius 3 is 2.54 bits per heavy atom. The largest absolute Gasteiger partial charge is 0.332 e. The van der Waals surface area contributed by atoms with Gasteiger partial charge in [-0.25, -0.2) is 0 Å². The number of rotatable bonds is 6. The molecule has 1 heterocycles. The van der Waals surface area contributed by atoms with Crippen molar-refractivity contribution >= 4 is 28.7 Å². The fourth-order valence-electron chi connectivity index (χ4n) is 2.75. The molecule has 1 atom stereocenters. The van der Waals surface area contributed by atoms with Gasteiger partial charge in [-0.3, -0.25) is 4.68 Å². The molecular formula is C21H24N4S. The summed E-state index contributed by atoms with van der Waals surface area (Å²) in [5.74, 6) is 0.576. The normalized spacial score (nSPS) is 11.8. The summed E-state index contributed by atoms with van der Waals surface area (Å²) >= 11 is 5.44. The van der Waals surface area contributed by atoms with Crippen LogP contribution in [0, 0.1) is 0 Å². The first-order chi connectivity index (χ1) is 12.6. The first-order valence-corrected chi connectivity index (χ1v) is 9.29. The van der Waals surface area contributed by atoms with Gasteiger partial charge in [0.2, 0.25) is 0 Å². The molecule has 3 aromatic rings. The van der Waals surface area contributed by atoms with Crippen LogP contribution in [-0.4, -0.2) is 14.9 Å². The lowest BCUT2D eigenvalue weighted by atomic mass is 9.99. The van der Waals surface area contributed by atoms with Gasteiger partial charge in [0, 0.05) is 23.8 Å². The molecule has 0 aliphatic carbocycles. The third kappa shape index (κ3) is 4.92. The molecule has 26 heavy (non-hydrogen) atoms. The predicted octanol–water partition coefficient (Wildman–Crippen LogP) is 5.25. The van der Waals surface area contributed by atoms with E-state index in [0.717, 1.165) is 24.3 Å². The van der Waals surface area contributed by atoms with E-state index in [9.17, 15) is 0 Å². The van der Waals surface area contributed by atoms with Crippen LogP contribution in [0.1, 0.15) is 37.3 Å². The average molecular weight is 365 g/mol. The number of nitrogens with one attached hydrogen (secondary N) is 2. The highest BCUT2D eigenvalue weighted by Crippen LogP contribution is 2.20. The Morgan fingerprint density at radius 1 is 1.08 bits per heavy atom. The highest BCUT2D eigenvalue weighted by atomic mass is 32.1. The monoisotopic (exact) mass is 364 g/mol. The van der Waals surface area contributed by atoms with Crippen LogP contribution in [0.2, 0.25) is 0 Å². The van der Waals surface area contributed by atoms with Crippen molar-refractivity contribution in [1.29, 1.82) is 0 Å². The van der Waals surface area contributed by atoms with Crippen LogP contribution >= 0.6 is 12.2 Å². The van der Waals surface area contributed by atoms with Gasteiger partial charge in [-0.15, -0.1) is 0 Å². The molecule has 5 heteroatoms. The standard InChI is InChI=1S/C21H24N4S/c1-3-16(2)18-8-10-19(11-9-18)23-21(26)24-20-7-4-6-17(14-20)15-25-13-5-12-22-25/h4-14,16H,3,15H2,1-2H3,(H2,23,24,26)/t16-/m1/s1. The van der Waals surface area contributed by atoms with Gasteiger partial charge in [0.1, 0.15) is 0 Å². The van der Waals surface area contributed by atoms with Gasteiger partial charge in [-0.05, 0) is 66.0 Å². The lowest BCUT2D eigenvalue weighted by molar-refractivity contribution is 0.687. The van der Waals surface area contributed by atoms with E-state index in [1.54, 1.807) is 6.20 Å². The van der Waals surface area contributed by atoms with Crippen molar-refractivity contribution in [2.45, 2.75) is 32.7 Å². The van der Waals surface area contributed by atoms with Gasteiger partial charge in [-0.2, -0.15) is 5.10 Å². The Bertz CT molecular complexity index is 841. The van der Waals surface area contributed by atoms with E-state index < -0.39 is 0 Å². The number of aromatic nitrogens is 2. The summed E-state index contributed by atoms with van der Waals surface area (Å²) in [5, 5.41) is 11.3. The lowest BCUT2D eigenvalue weighted by Gasteiger charge is -2.13. The Morgan fingerprint density at radius 2 is 1.85 bits per heavy atom. The van der Waals surface area contributed by atoms with Crippen LogP contribution in [-0.2, 0) is 6.54 Å². The quantitative estimate of drug-likeness (QED) is 0.586. The van der Waals surface area contributed by atoms with E-state index in [4.69, 9.17) is 12.2 Å². The third-order valence-corrected chi connectivity index (χ3v) is 4.64. The van der Waals surface area contributed by atoms with Crippen molar-refractivity contribution in [3.63, 3.8) is 0 Å². The molecule has 0 bridgehead atoms. The summed E-state index contributed by atoms with van der Waals surface area (Å²) in [7, 11) is 0. The highest BCUT2D eigenvalue weighted by Gasteiger charge is 2.04. The second-order valence-electron chi connectivity index (χ2n) is 6.41. The number of anilines is 2. The Labute approximate surface area is 160 Å². The molecule has 0 unspecified atom stereocenters. The van der Waals surface area contributed by atoms with Crippen molar-refractivity contribution in [2.24, 2.45) is 0 Å². The summed E-state index contributed by atoms with van der Waals surface area (Å²) in [4.78, 5) is 0. The number of hydrogen-bond donors (Lipinski definition) is 2. The Kier molecular flexibility index (Phi) is 6.02. The van der Waals surface area contributed by atoms with E-state index in [1.807, 2.05) is 29.1 Å². The van der Waals surface area contributed by atoms with Gasteiger partial charge in [-0.1, -0.05) is 38.1 Å². The molecular weight excluding hydrogens is 340 g/mol. The van der Waals surface area contributed by atoms with Gasteiger partial charge in [0.05, 0.1) is 6.54 Å². The summed E-state index contributed by atoms with van der Waals surface area (Å²) in [6.45, 7) is 5.18. The average Bonchev–Trinajstić information content (AvgIpc) is 3.15. The third-order valence-electron chi connectivity index (χ3n) is 4.44. The van der Waals surface area contributed by atoms with Crippen molar-refractivity contribution in [3.05, 3.63) is 78.1 Å². The van der Waals surface area contributed by atoms with E-state index >= 15 is 0 Å². The maximum Gasteiger partial charge on any atom is 0.175 e. The van der Waals surface area contributed by atoms with Gasteiger partial charge < -0.3 is 10.6 Å². The zero-order valence-corrected chi connectivity index (χ0v) is 16.0. The number of nitrogens with zero attached hydrogens (tertiary/aromatic N) is 2. The zero-order valence-electron chi connectivity index (χ0n) is 15.1. The van der Waals surface area contributed by atoms with Crippen molar-refractivity contribution in [1.82, 2.24) is 9.78 Å². The first kappa shape index (κ1) is 18.1. The molecule has 2 aromatic carbocycles. The Hall–Kier alpha value is -2.66. The maximum atomic E-state index is 5.44. The fourth-order valence-corrected chi connectivity index (χ4v) is 2.99. The zero-order chi connectivity index (χ0) is 18.4. The molecule has 0 aliphatic rings. The lowest BCUT2D eigenvalue weighted by Crippen LogP contribution is -2.19. The maximum absolute atomic E-state index is 5.44. The molecule has 0 radical (unpaired) electrons. The summed E-state index contributed by atoms with van der Waals surface area (Å²) < 4.78 is 1.90. The van der Waals surface area contributed by atoms with Crippen LogP contribution < -0.4 is 10.6 Å². The van der Waals surface area contributed by atoms with Gasteiger partial charge in [0.25, 0.3) is 0 Å². The van der Waals surface area contributed by atoms with E-state index in [1.165, 1.54) is 11.1 Å². The molecule has 2 N–H and O–H groups in total. The molecule has 1 aromatic heterocycles. The van der Waals surface area contributed by atoms with Gasteiger partial charge in [0.15, 0.2) is 5.11 Å². The molecule has 134 valence electrons. The van der Waals surface area contributed by atoms with Crippen molar-refractivity contribution in [2.75, 3.05) is 10.6 Å².